The van der Waals surface area contributed by atoms with E-state index < -0.39 is 0 Å². The van der Waals surface area contributed by atoms with Crippen LogP contribution in [0.1, 0.15) is 26.4 Å². The predicted molar refractivity (Wildman–Crippen MR) is 73.2 cm³/mol. The lowest BCUT2D eigenvalue weighted by molar-refractivity contribution is 0.0996. The van der Waals surface area contributed by atoms with Gasteiger partial charge in [-0.1, -0.05) is 17.7 Å². The summed E-state index contributed by atoms with van der Waals surface area (Å²) in [5.74, 6) is -0.386. The zero-order valence-corrected chi connectivity index (χ0v) is 11.7. The number of halogens is 2. The van der Waals surface area contributed by atoms with E-state index >= 15 is 0 Å². The van der Waals surface area contributed by atoms with Crippen molar-refractivity contribution >= 4 is 28.7 Å². The highest BCUT2D eigenvalue weighted by molar-refractivity contribution is 7.13. The van der Waals surface area contributed by atoms with Crippen molar-refractivity contribution in [2.24, 2.45) is 0 Å². The second kappa shape index (κ2) is 5.21. The number of benzene rings is 1. The second-order valence-electron chi connectivity index (χ2n) is 4.23. The van der Waals surface area contributed by atoms with Crippen molar-refractivity contribution in [3.05, 3.63) is 56.0 Å². The maximum absolute atomic E-state index is 13.1. The molecular weight excluding hydrogens is 271 g/mol. The summed E-state index contributed by atoms with van der Waals surface area (Å²) in [7, 11) is 0. The average molecular weight is 283 g/mol. The lowest BCUT2D eigenvalue weighted by atomic mass is 10.0. The van der Waals surface area contributed by atoms with Gasteiger partial charge in [0.15, 0.2) is 5.78 Å². The number of Topliss-reactive ketones (excluding diaryl/α,β-unsaturated/α-hetero) is 1. The van der Waals surface area contributed by atoms with Crippen LogP contribution in [0.5, 0.6) is 0 Å². The predicted octanol–water partition coefficient (Wildman–Crippen LogP) is 4.58. The minimum Gasteiger partial charge on any atom is -0.293 e. The van der Waals surface area contributed by atoms with Gasteiger partial charge in [0, 0.05) is 6.42 Å². The SMILES string of the molecule is Cc1ccc(F)cc1CC(=O)c1scc(C)c1Cl. The fraction of sp³-hybridized carbons (Fsp3) is 0.214. The number of rotatable bonds is 3. The van der Waals surface area contributed by atoms with E-state index in [1.54, 1.807) is 6.07 Å². The van der Waals surface area contributed by atoms with Gasteiger partial charge < -0.3 is 0 Å². The summed E-state index contributed by atoms with van der Waals surface area (Å²) in [6, 6.07) is 4.48. The Hall–Kier alpha value is -1.19. The molecule has 1 nitrogen and oxygen atoms in total. The van der Waals surface area contributed by atoms with Crippen LogP contribution < -0.4 is 0 Å². The topological polar surface area (TPSA) is 17.1 Å². The molecule has 0 aliphatic heterocycles. The minimum absolute atomic E-state index is 0.0631. The van der Waals surface area contributed by atoms with Crippen molar-refractivity contribution in [1.82, 2.24) is 0 Å². The van der Waals surface area contributed by atoms with Crippen LogP contribution in [-0.2, 0) is 6.42 Å². The molecule has 0 aliphatic rings. The van der Waals surface area contributed by atoms with Crippen LogP contribution in [0.25, 0.3) is 0 Å². The molecule has 0 atom stereocenters. The molecule has 0 bridgehead atoms. The Kier molecular flexibility index (Phi) is 3.83. The van der Waals surface area contributed by atoms with Crippen LogP contribution in [0.4, 0.5) is 4.39 Å². The van der Waals surface area contributed by atoms with Gasteiger partial charge >= 0.3 is 0 Å². The monoisotopic (exact) mass is 282 g/mol. The first-order chi connectivity index (χ1) is 8.49. The largest absolute Gasteiger partial charge is 0.293 e. The highest BCUT2D eigenvalue weighted by Crippen LogP contribution is 2.28. The van der Waals surface area contributed by atoms with Crippen molar-refractivity contribution < 1.29 is 9.18 Å². The molecule has 0 saturated heterocycles. The zero-order valence-electron chi connectivity index (χ0n) is 10.1. The van der Waals surface area contributed by atoms with Gasteiger partial charge in [0.25, 0.3) is 0 Å². The molecule has 0 radical (unpaired) electrons. The molecular formula is C14H12ClFOS. The Labute approximate surface area is 114 Å². The van der Waals surface area contributed by atoms with Gasteiger partial charge in [-0.25, -0.2) is 4.39 Å². The number of carbonyl (C=O) groups is 1. The fourth-order valence-corrected chi connectivity index (χ4v) is 2.94. The minimum atomic E-state index is -0.322. The fourth-order valence-electron chi connectivity index (χ4n) is 1.70. The van der Waals surface area contributed by atoms with Crippen molar-refractivity contribution in [2.75, 3.05) is 0 Å². The molecule has 0 saturated carbocycles. The molecule has 0 amide bonds. The smallest absolute Gasteiger partial charge is 0.178 e. The summed E-state index contributed by atoms with van der Waals surface area (Å²) in [5, 5.41) is 2.37. The van der Waals surface area contributed by atoms with Gasteiger partial charge in [-0.15, -0.1) is 11.3 Å². The molecule has 18 heavy (non-hydrogen) atoms. The van der Waals surface area contributed by atoms with Crippen molar-refractivity contribution in [1.29, 1.82) is 0 Å². The molecule has 94 valence electrons. The highest BCUT2D eigenvalue weighted by atomic mass is 35.5. The van der Waals surface area contributed by atoms with Gasteiger partial charge in [-0.2, -0.15) is 0 Å². The molecule has 0 aliphatic carbocycles. The van der Waals surface area contributed by atoms with Crippen molar-refractivity contribution in [2.45, 2.75) is 20.3 Å². The number of hydrogen-bond donors (Lipinski definition) is 0. The van der Waals surface area contributed by atoms with Crippen LogP contribution in [0, 0.1) is 19.7 Å². The summed E-state index contributed by atoms with van der Waals surface area (Å²) in [6.45, 7) is 3.73. The summed E-state index contributed by atoms with van der Waals surface area (Å²) < 4.78 is 13.1. The van der Waals surface area contributed by atoms with E-state index in [0.29, 0.717) is 15.5 Å². The molecule has 2 rings (SSSR count). The quantitative estimate of drug-likeness (QED) is 0.753. The van der Waals surface area contributed by atoms with Gasteiger partial charge in [0.1, 0.15) is 5.82 Å². The summed E-state index contributed by atoms with van der Waals surface area (Å²) in [5.41, 5.74) is 2.53. The Morgan fingerprint density at radius 1 is 1.33 bits per heavy atom. The third-order valence-corrected chi connectivity index (χ3v) is 4.55. The van der Waals surface area contributed by atoms with E-state index in [4.69, 9.17) is 11.6 Å². The Bertz CT molecular complexity index is 604. The molecule has 0 spiro atoms. The number of aryl methyl sites for hydroxylation is 2. The van der Waals surface area contributed by atoms with E-state index in [9.17, 15) is 9.18 Å². The summed E-state index contributed by atoms with van der Waals surface area (Å²) in [6.07, 6.45) is 0.184. The number of carbonyl (C=O) groups excluding carboxylic acids is 1. The standard InChI is InChI=1S/C14H12ClFOS/c1-8-3-4-11(16)5-10(8)6-12(17)14-13(15)9(2)7-18-14/h3-5,7H,6H2,1-2H3. The van der Waals surface area contributed by atoms with Crippen LogP contribution in [0.2, 0.25) is 5.02 Å². The van der Waals surface area contributed by atoms with E-state index in [-0.39, 0.29) is 18.0 Å². The molecule has 0 N–H and O–H groups in total. The first kappa shape index (κ1) is 13.2. The van der Waals surface area contributed by atoms with Crippen LogP contribution in [0.3, 0.4) is 0 Å². The number of ketones is 1. The lowest BCUT2D eigenvalue weighted by Crippen LogP contribution is -2.04. The zero-order chi connectivity index (χ0) is 13.3. The first-order valence-electron chi connectivity index (χ1n) is 5.51. The average Bonchev–Trinajstić information content (AvgIpc) is 2.65. The number of thiophene rings is 1. The van der Waals surface area contributed by atoms with E-state index in [0.717, 1.165) is 11.1 Å². The molecule has 0 fully saturated rings. The number of hydrogen-bond acceptors (Lipinski definition) is 2. The van der Waals surface area contributed by atoms with Crippen LogP contribution in [0.15, 0.2) is 23.6 Å². The molecule has 0 unspecified atom stereocenters. The maximum Gasteiger partial charge on any atom is 0.178 e. The Balaban J connectivity index is 2.27. The van der Waals surface area contributed by atoms with E-state index in [1.807, 2.05) is 19.2 Å². The molecule has 2 aromatic rings. The Morgan fingerprint density at radius 3 is 2.67 bits per heavy atom. The Morgan fingerprint density at radius 2 is 2.06 bits per heavy atom. The normalized spacial score (nSPS) is 10.7. The van der Waals surface area contributed by atoms with Gasteiger partial charge in [-0.05, 0) is 48.1 Å². The third kappa shape index (κ3) is 2.62. The first-order valence-corrected chi connectivity index (χ1v) is 6.76. The molecule has 4 heteroatoms. The molecule has 1 heterocycles. The van der Waals surface area contributed by atoms with Crippen molar-refractivity contribution in [3.63, 3.8) is 0 Å². The summed E-state index contributed by atoms with van der Waals surface area (Å²) in [4.78, 5) is 12.7. The maximum atomic E-state index is 13.1. The van der Waals surface area contributed by atoms with E-state index in [2.05, 4.69) is 0 Å². The highest BCUT2D eigenvalue weighted by Gasteiger charge is 2.16. The van der Waals surface area contributed by atoms with Crippen molar-refractivity contribution in [3.8, 4) is 0 Å². The summed E-state index contributed by atoms with van der Waals surface area (Å²) >= 11 is 7.39. The van der Waals surface area contributed by atoms with Gasteiger partial charge in [0.2, 0.25) is 0 Å². The molecule has 1 aromatic carbocycles. The van der Waals surface area contributed by atoms with Crippen LogP contribution in [-0.4, -0.2) is 5.78 Å². The third-order valence-electron chi connectivity index (χ3n) is 2.81. The lowest BCUT2D eigenvalue weighted by Gasteiger charge is -2.04. The van der Waals surface area contributed by atoms with Crippen LogP contribution >= 0.6 is 22.9 Å². The second-order valence-corrected chi connectivity index (χ2v) is 5.49. The van der Waals surface area contributed by atoms with Gasteiger partial charge in [-0.3, -0.25) is 4.79 Å². The van der Waals surface area contributed by atoms with Gasteiger partial charge in [0.05, 0.1) is 9.90 Å². The van der Waals surface area contributed by atoms with E-state index in [1.165, 1.54) is 23.5 Å². The molecule has 1 aromatic heterocycles.